The van der Waals surface area contributed by atoms with Gasteiger partial charge in [0.25, 0.3) is 5.69 Å². The molecule has 1 saturated carbocycles. The van der Waals surface area contributed by atoms with Gasteiger partial charge in [0.1, 0.15) is 29.8 Å². The lowest BCUT2D eigenvalue weighted by atomic mass is 10.1. The number of benzene rings is 2. The lowest BCUT2D eigenvalue weighted by molar-refractivity contribution is -0.384. The Labute approximate surface area is 228 Å². The van der Waals surface area contributed by atoms with E-state index in [4.69, 9.17) is 9.47 Å². The van der Waals surface area contributed by atoms with Crippen LogP contribution in [0.3, 0.4) is 0 Å². The van der Waals surface area contributed by atoms with E-state index in [1.165, 1.54) is 31.3 Å². The van der Waals surface area contributed by atoms with Crippen molar-refractivity contribution < 1.29 is 32.4 Å². The summed E-state index contributed by atoms with van der Waals surface area (Å²) < 4.78 is 36.9. The molecule has 2 amide bonds. The monoisotopic (exact) mass is 562 g/mol. The van der Waals surface area contributed by atoms with Crippen LogP contribution in [-0.2, 0) is 26.2 Å². The average molecular weight is 563 g/mol. The van der Waals surface area contributed by atoms with E-state index in [-0.39, 0.29) is 35.6 Å². The summed E-state index contributed by atoms with van der Waals surface area (Å²) in [5, 5.41) is 14.4. The highest BCUT2D eigenvalue weighted by Crippen LogP contribution is 2.34. The number of anilines is 1. The molecule has 0 bridgehead atoms. The maximum absolute atomic E-state index is 13.7. The molecule has 2 aromatic carbocycles. The van der Waals surface area contributed by atoms with Gasteiger partial charge in [-0.05, 0) is 43.5 Å². The average Bonchev–Trinajstić information content (AvgIpc) is 3.42. The highest BCUT2D eigenvalue weighted by Gasteiger charge is 2.33. The summed E-state index contributed by atoms with van der Waals surface area (Å²) in [5.41, 5.74) is 0.171. The third-order valence-electron chi connectivity index (χ3n) is 6.70. The first kappa shape index (κ1) is 29.7. The molecule has 1 aliphatic rings. The number of nitrogens with zero attached hydrogens (tertiary/aromatic N) is 3. The Morgan fingerprint density at radius 2 is 1.74 bits per heavy atom. The summed E-state index contributed by atoms with van der Waals surface area (Å²) in [6, 6.07) is 9.52. The molecule has 212 valence electrons. The van der Waals surface area contributed by atoms with Crippen LogP contribution in [0.5, 0.6) is 11.5 Å². The summed E-state index contributed by atoms with van der Waals surface area (Å²) in [5.74, 6) is -0.362. The molecule has 1 N–H and O–H groups in total. The SMILES string of the molecule is COc1ccc(CN(C(=O)CN(c2cc([N+](=O)[O-])ccc2OC)S(C)(=O)=O)[C@H](C)C(=O)NC2CCCC2)cc1. The summed E-state index contributed by atoms with van der Waals surface area (Å²) >= 11 is 0. The zero-order valence-electron chi connectivity index (χ0n) is 22.5. The van der Waals surface area contributed by atoms with Crippen LogP contribution in [0.2, 0.25) is 0 Å². The number of carbonyl (C=O) groups is 2. The lowest BCUT2D eigenvalue weighted by Crippen LogP contribution is -2.52. The number of hydrogen-bond donors (Lipinski definition) is 1. The van der Waals surface area contributed by atoms with Gasteiger partial charge in [0.2, 0.25) is 21.8 Å². The van der Waals surface area contributed by atoms with E-state index in [0.29, 0.717) is 11.3 Å². The predicted molar refractivity (Wildman–Crippen MR) is 145 cm³/mol. The van der Waals surface area contributed by atoms with Crippen molar-refractivity contribution in [3.05, 3.63) is 58.1 Å². The van der Waals surface area contributed by atoms with E-state index >= 15 is 0 Å². The normalized spacial score (nSPS) is 14.4. The molecule has 13 heteroatoms. The molecule has 0 radical (unpaired) electrons. The molecule has 0 heterocycles. The highest BCUT2D eigenvalue weighted by molar-refractivity contribution is 7.92. The minimum absolute atomic E-state index is 0.0196. The minimum Gasteiger partial charge on any atom is -0.497 e. The van der Waals surface area contributed by atoms with E-state index in [2.05, 4.69) is 5.32 Å². The molecular formula is C26H34N4O8S. The van der Waals surface area contributed by atoms with Gasteiger partial charge in [-0.25, -0.2) is 8.42 Å². The largest absolute Gasteiger partial charge is 0.497 e. The Morgan fingerprint density at radius 1 is 1.10 bits per heavy atom. The molecule has 0 saturated heterocycles. The van der Waals surface area contributed by atoms with E-state index in [9.17, 15) is 28.1 Å². The molecule has 1 fully saturated rings. The molecular weight excluding hydrogens is 528 g/mol. The Bertz CT molecular complexity index is 1290. The topological polar surface area (TPSA) is 148 Å². The Balaban J connectivity index is 1.96. The van der Waals surface area contributed by atoms with Crippen molar-refractivity contribution in [3.8, 4) is 11.5 Å². The first-order valence-corrected chi connectivity index (χ1v) is 14.3. The lowest BCUT2D eigenvalue weighted by Gasteiger charge is -2.32. The number of nitrogens with one attached hydrogen (secondary N) is 1. The molecule has 1 aliphatic carbocycles. The fraction of sp³-hybridized carbons (Fsp3) is 0.462. The Hall–Kier alpha value is -3.87. The quantitative estimate of drug-likeness (QED) is 0.307. The first-order chi connectivity index (χ1) is 18.4. The minimum atomic E-state index is -4.10. The first-order valence-electron chi connectivity index (χ1n) is 12.5. The Kier molecular flexibility index (Phi) is 9.73. The third kappa shape index (κ3) is 7.59. The van der Waals surface area contributed by atoms with Crippen LogP contribution in [0.25, 0.3) is 0 Å². The van der Waals surface area contributed by atoms with Gasteiger partial charge in [-0.1, -0.05) is 25.0 Å². The van der Waals surface area contributed by atoms with Gasteiger partial charge in [-0.2, -0.15) is 0 Å². The van der Waals surface area contributed by atoms with Crippen molar-refractivity contribution >= 4 is 33.2 Å². The van der Waals surface area contributed by atoms with Crippen LogP contribution in [0.1, 0.15) is 38.2 Å². The van der Waals surface area contributed by atoms with Crippen LogP contribution >= 0.6 is 0 Å². The van der Waals surface area contributed by atoms with Gasteiger partial charge >= 0.3 is 0 Å². The molecule has 12 nitrogen and oxygen atoms in total. The summed E-state index contributed by atoms with van der Waals surface area (Å²) in [6.45, 7) is 0.907. The molecule has 0 spiro atoms. The number of ether oxygens (including phenoxy) is 2. The zero-order chi connectivity index (χ0) is 28.7. The van der Waals surface area contributed by atoms with Gasteiger partial charge < -0.3 is 19.7 Å². The Morgan fingerprint density at radius 3 is 2.28 bits per heavy atom. The van der Waals surface area contributed by atoms with Gasteiger partial charge in [-0.3, -0.25) is 24.0 Å². The van der Waals surface area contributed by atoms with Crippen molar-refractivity contribution in [1.82, 2.24) is 10.2 Å². The van der Waals surface area contributed by atoms with Gasteiger partial charge in [0.15, 0.2) is 0 Å². The van der Waals surface area contributed by atoms with Crippen LogP contribution in [-0.4, -0.2) is 69.2 Å². The van der Waals surface area contributed by atoms with Crippen LogP contribution in [0.15, 0.2) is 42.5 Å². The maximum atomic E-state index is 13.7. The maximum Gasteiger partial charge on any atom is 0.271 e. The third-order valence-corrected chi connectivity index (χ3v) is 7.83. The molecule has 0 unspecified atom stereocenters. The number of rotatable bonds is 12. The van der Waals surface area contributed by atoms with E-state index in [0.717, 1.165) is 42.3 Å². The highest BCUT2D eigenvalue weighted by atomic mass is 32.2. The number of amides is 2. The second-order valence-electron chi connectivity index (χ2n) is 9.42. The smallest absolute Gasteiger partial charge is 0.271 e. The molecule has 2 aromatic rings. The van der Waals surface area contributed by atoms with Crippen LogP contribution in [0.4, 0.5) is 11.4 Å². The molecule has 1 atom stereocenters. The van der Waals surface area contributed by atoms with Crippen molar-refractivity contribution in [1.29, 1.82) is 0 Å². The molecule has 3 rings (SSSR count). The second-order valence-corrected chi connectivity index (χ2v) is 11.3. The number of non-ortho nitro benzene ring substituents is 1. The van der Waals surface area contributed by atoms with Crippen LogP contribution in [0, 0.1) is 10.1 Å². The standard InChI is InChI=1S/C26H34N4O8S/c1-18(26(32)27-20-7-5-6-8-20)28(16-19-9-12-22(37-2)13-10-19)25(31)17-29(39(4,35)36)23-15-21(30(33)34)11-14-24(23)38-3/h9-15,18,20H,5-8,16-17H2,1-4H3,(H,27,32)/t18-/m1/s1. The number of hydrogen-bond acceptors (Lipinski definition) is 8. The number of methoxy groups -OCH3 is 2. The fourth-order valence-corrected chi connectivity index (χ4v) is 5.33. The second kappa shape index (κ2) is 12.8. The van der Waals surface area contributed by atoms with Gasteiger partial charge in [0, 0.05) is 24.7 Å². The van der Waals surface area contributed by atoms with Crippen molar-refractivity contribution in [3.63, 3.8) is 0 Å². The number of carbonyl (C=O) groups excluding carboxylic acids is 2. The van der Waals surface area contributed by atoms with E-state index in [1.54, 1.807) is 31.2 Å². The zero-order valence-corrected chi connectivity index (χ0v) is 23.3. The fourth-order valence-electron chi connectivity index (χ4n) is 4.48. The van der Waals surface area contributed by atoms with Gasteiger partial charge in [-0.15, -0.1) is 0 Å². The number of nitro benzene ring substituents is 1. The molecule has 0 aromatic heterocycles. The summed E-state index contributed by atoms with van der Waals surface area (Å²) in [6.07, 6.45) is 4.64. The number of nitro groups is 1. The summed E-state index contributed by atoms with van der Waals surface area (Å²) in [4.78, 5) is 38.9. The number of sulfonamides is 1. The summed E-state index contributed by atoms with van der Waals surface area (Å²) in [7, 11) is -1.28. The van der Waals surface area contributed by atoms with Crippen molar-refractivity contribution in [2.75, 3.05) is 31.3 Å². The van der Waals surface area contributed by atoms with Crippen LogP contribution < -0.4 is 19.1 Å². The van der Waals surface area contributed by atoms with E-state index in [1.807, 2.05) is 0 Å². The van der Waals surface area contributed by atoms with E-state index < -0.39 is 33.4 Å². The molecule has 0 aliphatic heterocycles. The van der Waals surface area contributed by atoms with Crippen molar-refractivity contribution in [2.45, 2.75) is 51.2 Å². The predicted octanol–water partition coefficient (Wildman–Crippen LogP) is 2.85. The van der Waals surface area contributed by atoms with Crippen molar-refractivity contribution in [2.24, 2.45) is 0 Å². The molecule has 39 heavy (non-hydrogen) atoms. The van der Waals surface area contributed by atoms with Gasteiger partial charge in [0.05, 0.1) is 25.4 Å².